The summed E-state index contributed by atoms with van der Waals surface area (Å²) in [6.45, 7) is 2.83. The Morgan fingerprint density at radius 3 is 1.18 bits per heavy atom. The van der Waals surface area contributed by atoms with Crippen molar-refractivity contribution in [3.05, 3.63) is 24.3 Å². The summed E-state index contributed by atoms with van der Waals surface area (Å²) in [5, 5.41) is 87.3. The molecule has 12 unspecified atom stereocenters. The molecule has 12 atom stereocenters. The molecule has 2 rings (SSSR count). The van der Waals surface area contributed by atoms with E-state index in [-0.39, 0.29) is 18.9 Å². The predicted molar refractivity (Wildman–Crippen MR) is 337 cm³/mol. The minimum Gasteiger partial charge on any atom is -0.394 e. The highest BCUT2D eigenvalue weighted by molar-refractivity contribution is 5.76. The number of hydrogen-bond donors (Lipinski definition) is 9. The van der Waals surface area contributed by atoms with Gasteiger partial charge in [-0.3, -0.25) is 4.79 Å². The largest absolute Gasteiger partial charge is 0.394 e. The third-order valence-electron chi connectivity index (χ3n) is 17.4. The molecule has 2 aliphatic heterocycles. The van der Waals surface area contributed by atoms with Crippen LogP contribution in [0.4, 0.5) is 0 Å². The molecule has 83 heavy (non-hydrogen) atoms. The fourth-order valence-electron chi connectivity index (χ4n) is 11.8. The minimum atomic E-state index is -1.79. The van der Waals surface area contributed by atoms with Gasteiger partial charge in [0.05, 0.1) is 32.0 Å². The molecule has 14 heteroatoms. The lowest BCUT2D eigenvalue weighted by atomic mass is 9.97. The SMILES string of the molecule is CCCCCCCCCCCCCCCCCCCCCCCCCCC/C=C/CC/C=C/C(O)C(COC1OC(CO)C(OC2OC(CO)C(O)C(O)C2O)C(O)C1O)NC(=O)CCCCCCCCCCCCCCCCCCCC. The predicted octanol–water partition coefficient (Wildman–Crippen LogP) is 14.0. The molecule has 2 fully saturated rings. The van der Waals surface area contributed by atoms with E-state index in [1.165, 1.54) is 250 Å². The molecule has 0 spiro atoms. The number of aliphatic hydroxyl groups excluding tert-OH is 8. The fourth-order valence-corrected chi connectivity index (χ4v) is 11.8. The third-order valence-corrected chi connectivity index (χ3v) is 17.4. The van der Waals surface area contributed by atoms with E-state index in [4.69, 9.17) is 18.9 Å². The highest BCUT2D eigenvalue weighted by Crippen LogP contribution is 2.30. The maximum Gasteiger partial charge on any atom is 0.220 e. The summed E-state index contributed by atoms with van der Waals surface area (Å²) in [5.74, 6) is -0.243. The monoisotopic (exact) mass is 1180 g/mol. The molecule has 2 aliphatic rings. The van der Waals surface area contributed by atoms with Crippen LogP contribution >= 0.6 is 0 Å². The molecule has 2 saturated heterocycles. The van der Waals surface area contributed by atoms with Crippen molar-refractivity contribution in [2.24, 2.45) is 0 Å². The highest BCUT2D eigenvalue weighted by atomic mass is 16.7. The standard InChI is InChI=1S/C69H131NO13/c1-3-5-7-9-11-13-15-17-19-21-23-24-25-26-27-28-29-30-31-32-33-34-35-36-38-40-42-44-46-48-50-52-58(73)57(70-61(74)53-51-49-47-45-43-41-39-37-22-20-18-16-14-12-10-8-6-4-2)56-80-68-66(79)64(77)67(60(55-72)82-68)83-69-65(78)63(76)62(75)59(54-71)81-69/h42,44,50,52,57-60,62-69,71-73,75-79H,3-41,43,45-49,51,53-56H2,1-2H3,(H,70,74)/b44-42+,52-50+. The highest BCUT2D eigenvalue weighted by Gasteiger charge is 2.51. The van der Waals surface area contributed by atoms with Gasteiger partial charge in [0.15, 0.2) is 12.6 Å². The van der Waals surface area contributed by atoms with E-state index in [1.54, 1.807) is 6.08 Å². The Bertz CT molecular complexity index is 1490. The summed E-state index contributed by atoms with van der Waals surface area (Å²) < 4.78 is 22.8. The van der Waals surface area contributed by atoms with E-state index in [0.717, 1.165) is 32.1 Å². The second kappa shape index (κ2) is 54.6. The number of amides is 1. The minimum absolute atomic E-state index is 0.243. The van der Waals surface area contributed by atoms with Gasteiger partial charge < -0.3 is 65.1 Å². The fraction of sp³-hybridized carbons (Fsp3) is 0.928. The van der Waals surface area contributed by atoms with Crippen LogP contribution in [0, 0.1) is 0 Å². The summed E-state index contributed by atoms with van der Waals surface area (Å²) in [4.78, 5) is 13.3. The average Bonchev–Trinajstić information content (AvgIpc) is 3.64. The normalized spacial score (nSPS) is 23.9. The molecule has 0 aromatic rings. The second-order valence-corrected chi connectivity index (χ2v) is 25.0. The molecule has 14 nitrogen and oxygen atoms in total. The first-order chi connectivity index (χ1) is 40.6. The lowest BCUT2D eigenvalue weighted by molar-refractivity contribution is -0.359. The molecule has 0 saturated carbocycles. The average molecular weight is 1180 g/mol. The van der Waals surface area contributed by atoms with Crippen LogP contribution in [-0.4, -0.2) is 140 Å². The quantitative estimate of drug-likeness (QED) is 0.0204. The van der Waals surface area contributed by atoms with Crippen LogP contribution in [0.1, 0.15) is 316 Å². The third kappa shape index (κ3) is 39.2. The number of aliphatic hydroxyl groups is 8. The number of nitrogens with one attached hydrogen (secondary N) is 1. The van der Waals surface area contributed by atoms with E-state index < -0.39 is 86.8 Å². The van der Waals surface area contributed by atoms with Crippen LogP contribution < -0.4 is 5.32 Å². The Morgan fingerprint density at radius 2 is 0.771 bits per heavy atom. The van der Waals surface area contributed by atoms with Gasteiger partial charge in [0.25, 0.3) is 0 Å². The van der Waals surface area contributed by atoms with E-state index in [0.29, 0.717) is 12.8 Å². The van der Waals surface area contributed by atoms with Crippen molar-refractivity contribution in [3.63, 3.8) is 0 Å². The summed E-state index contributed by atoms with van der Waals surface area (Å²) in [6, 6.07) is -0.929. The zero-order valence-corrected chi connectivity index (χ0v) is 53.2. The van der Waals surface area contributed by atoms with Gasteiger partial charge in [-0.05, 0) is 32.1 Å². The van der Waals surface area contributed by atoms with Crippen molar-refractivity contribution in [3.8, 4) is 0 Å². The van der Waals surface area contributed by atoms with Crippen molar-refractivity contribution in [2.45, 2.75) is 389 Å². The van der Waals surface area contributed by atoms with Gasteiger partial charge in [-0.2, -0.15) is 0 Å². The second-order valence-electron chi connectivity index (χ2n) is 25.0. The lowest BCUT2D eigenvalue weighted by Crippen LogP contribution is -2.65. The Kier molecular flexibility index (Phi) is 51.0. The number of ether oxygens (including phenoxy) is 4. The first kappa shape index (κ1) is 77.6. The van der Waals surface area contributed by atoms with Crippen molar-refractivity contribution in [1.82, 2.24) is 5.32 Å². The van der Waals surface area contributed by atoms with E-state index in [2.05, 4.69) is 31.3 Å². The molecule has 490 valence electrons. The Balaban J connectivity index is 1.68. The van der Waals surface area contributed by atoms with Gasteiger partial charge in [0.1, 0.15) is 48.8 Å². The van der Waals surface area contributed by atoms with Gasteiger partial charge in [0, 0.05) is 6.42 Å². The van der Waals surface area contributed by atoms with E-state index in [9.17, 15) is 45.6 Å². The van der Waals surface area contributed by atoms with E-state index in [1.807, 2.05) is 6.08 Å². The van der Waals surface area contributed by atoms with Gasteiger partial charge in [-0.25, -0.2) is 0 Å². The molecular formula is C69H131NO13. The maximum absolute atomic E-state index is 13.3. The number of carbonyl (C=O) groups excluding carboxylic acids is 1. The molecule has 0 radical (unpaired) electrons. The van der Waals surface area contributed by atoms with Crippen molar-refractivity contribution >= 4 is 5.91 Å². The van der Waals surface area contributed by atoms with Crippen molar-refractivity contribution in [1.29, 1.82) is 0 Å². The number of allylic oxidation sites excluding steroid dienone is 3. The number of carbonyl (C=O) groups is 1. The molecular weight excluding hydrogens is 1050 g/mol. The van der Waals surface area contributed by atoms with Gasteiger partial charge >= 0.3 is 0 Å². The molecule has 0 bridgehead atoms. The van der Waals surface area contributed by atoms with Crippen LogP contribution in [0.15, 0.2) is 24.3 Å². The lowest BCUT2D eigenvalue weighted by Gasteiger charge is -2.46. The summed E-state index contributed by atoms with van der Waals surface area (Å²) >= 11 is 0. The van der Waals surface area contributed by atoms with Crippen LogP contribution in [0.5, 0.6) is 0 Å². The number of unbranched alkanes of at least 4 members (excludes halogenated alkanes) is 43. The molecule has 9 N–H and O–H groups in total. The summed E-state index contributed by atoms with van der Waals surface area (Å²) in [7, 11) is 0. The van der Waals surface area contributed by atoms with Crippen molar-refractivity contribution in [2.75, 3.05) is 19.8 Å². The van der Waals surface area contributed by atoms with Crippen molar-refractivity contribution < 1.29 is 64.6 Å². The first-order valence-corrected chi connectivity index (χ1v) is 35.1. The van der Waals surface area contributed by atoms with E-state index >= 15 is 0 Å². The molecule has 2 heterocycles. The molecule has 1 amide bonds. The summed E-state index contributed by atoms with van der Waals surface area (Å²) in [5.41, 5.74) is 0. The topological polar surface area (TPSA) is 228 Å². The molecule has 0 aromatic carbocycles. The van der Waals surface area contributed by atoms with Crippen LogP contribution in [0.25, 0.3) is 0 Å². The first-order valence-electron chi connectivity index (χ1n) is 35.1. The Hall–Kier alpha value is -1.53. The maximum atomic E-state index is 13.3. The summed E-state index contributed by atoms with van der Waals surface area (Å²) in [6.07, 6.45) is 51.0. The number of rotatable bonds is 58. The van der Waals surface area contributed by atoms with Gasteiger partial charge in [-0.15, -0.1) is 0 Å². The van der Waals surface area contributed by atoms with Crippen LogP contribution in [0.2, 0.25) is 0 Å². The Labute approximate surface area is 507 Å². The zero-order chi connectivity index (χ0) is 60.2. The smallest absolute Gasteiger partial charge is 0.220 e. The van der Waals surface area contributed by atoms with Gasteiger partial charge in [-0.1, -0.05) is 301 Å². The molecule has 0 aliphatic carbocycles. The Morgan fingerprint density at radius 1 is 0.422 bits per heavy atom. The molecule has 0 aromatic heterocycles. The zero-order valence-electron chi connectivity index (χ0n) is 53.2. The van der Waals surface area contributed by atoms with Gasteiger partial charge in [0.2, 0.25) is 5.91 Å². The number of hydrogen-bond acceptors (Lipinski definition) is 13. The van der Waals surface area contributed by atoms with Crippen LogP contribution in [0.3, 0.4) is 0 Å². The van der Waals surface area contributed by atoms with Crippen LogP contribution in [-0.2, 0) is 23.7 Å².